The van der Waals surface area contributed by atoms with E-state index in [4.69, 9.17) is 0 Å². The lowest BCUT2D eigenvalue weighted by atomic mass is 10.1. The van der Waals surface area contributed by atoms with Crippen LogP contribution in [0.1, 0.15) is 38.3 Å². The zero-order valence-corrected chi connectivity index (χ0v) is 13.1. The molecule has 0 spiro atoms. The zero-order valence-electron chi connectivity index (χ0n) is 12.3. The van der Waals surface area contributed by atoms with E-state index in [1.807, 2.05) is 6.07 Å². The summed E-state index contributed by atoms with van der Waals surface area (Å²) in [7, 11) is -3.11. The minimum Gasteiger partial charge on any atom is -0.355 e. The number of sulfonamides is 1. The second kappa shape index (κ2) is 5.88. The Hall–Kier alpha value is -1.21. The molecule has 6 nitrogen and oxygen atoms in total. The number of nitrogens with one attached hydrogen (secondary N) is 1. The molecule has 1 unspecified atom stereocenters. The first-order valence-corrected chi connectivity index (χ1v) is 9.20. The zero-order chi connectivity index (χ0) is 14.9. The number of nitrogens with zero attached hydrogens (tertiary/aromatic N) is 3. The molecule has 1 N–H and O–H groups in total. The van der Waals surface area contributed by atoms with Crippen molar-refractivity contribution in [1.29, 1.82) is 0 Å². The fourth-order valence-corrected chi connectivity index (χ4v) is 4.35. The van der Waals surface area contributed by atoms with Crippen LogP contribution in [0.25, 0.3) is 0 Å². The van der Waals surface area contributed by atoms with Crippen LogP contribution < -0.4 is 9.62 Å². The van der Waals surface area contributed by atoms with Gasteiger partial charge in [-0.15, -0.1) is 0 Å². The fourth-order valence-electron chi connectivity index (χ4n) is 2.74. The largest absolute Gasteiger partial charge is 0.355 e. The van der Waals surface area contributed by atoms with Crippen LogP contribution in [0.15, 0.2) is 12.4 Å². The Morgan fingerprint density at radius 2 is 2.14 bits per heavy atom. The quantitative estimate of drug-likeness (QED) is 0.881. The summed E-state index contributed by atoms with van der Waals surface area (Å²) in [6.45, 7) is 3.67. The number of aromatic nitrogens is 2. The smallest absolute Gasteiger partial charge is 0.214 e. The topological polar surface area (TPSA) is 75.2 Å². The van der Waals surface area contributed by atoms with E-state index in [0.717, 1.165) is 50.2 Å². The molecule has 3 rings (SSSR count). The van der Waals surface area contributed by atoms with Crippen LogP contribution >= 0.6 is 0 Å². The molecule has 1 saturated carbocycles. The maximum atomic E-state index is 12.0. The van der Waals surface area contributed by atoms with Gasteiger partial charge in [-0.05, 0) is 32.1 Å². The molecule has 2 aliphatic rings. The number of aryl methyl sites for hydroxylation is 1. The highest BCUT2D eigenvalue weighted by Gasteiger charge is 2.37. The number of rotatable bonds is 5. The molecule has 1 saturated heterocycles. The Morgan fingerprint density at radius 3 is 2.86 bits per heavy atom. The van der Waals surface area contributed by atoms with Crippen LogP contribution in [0, 0.1) is 0 Å². The van der Waals surface area contributed by atoms with Gasteiger partial charge in [-0.1, -0.05) is 6.92 Å². The van der Waals surface area contributed by atoms with Gasteiger partial charge < -0.3 is 4.90 Å². The van der Waals surface area contributed by atoms with Gasteiger partial charge in [0.15, 0.2) is 0 Å². The minimum absolute atomic E-state index is 0.00982. The van der Waals surface area contributed by atoms with Gasteiger partial charge in [-0.3, -0.25) is 0 Å². The molecule has 0 aromatic carbocycles. The van der Waals surface area contributed by atoms with Gasteiger partial charge in [0.25, 0.3) is 0 Å². The van der Waals surface area contributed by atoms with E-state index < -0.39 is 10.0 Å². The van der Waals surface area contributed by atoms with Crippen LogP contribution in [0.4, 0.5) is 5.82 Å². The van der Waals surface area contributed by atoms with Gasteiger partial charge in [0, 0.05) is 30.9 Å². The SMILES string of the molecule is CCc1cc(N2CCCC(NS(=O)(=O)C3CC3)C2)ncn1. The number of anilines is 1. The van der Waals surface area contributed by atoms with Crippen molar-refractivity contribution >= 4 is 15.8 Å². The van der Waals surface area contributed by atoms with Gasteiger partial charge in [-0.25, -0.2) is 23.1 Å². The van der Waals surface area contributed by atoms with E-state index in [0.29, 0.717) is 6.54 Å². The van der Waals surface area contributed by atoms with Crippen molar-refractivity contribution in [2.75, 3.05) is 18.0 Å². The van der Waals surface area contributed by atoms with Gasteiger partial charge in [0.2, 0.25) is 10.0 Å². The Bertz CT molecular complexity index is 601. The van der Waals surface area contributed by atoms with Crippen LogP contribution in [0.3, 0.4) is 0 Å². The average Bonchev–Trinajstić information content (AvgIpc) is 3.32. The van der Waals surface area contributed by atoms with Gasteiger partial charge >= 0.3 is 0 Å². The van der Waals surface area contributed by atoms with E-state index in [1.165, 1.54) is 0 Å². The first kappa shape index (κ1) is 14.7. The molecule has 0 bridgehead atoms. The predicted octanol–water partition coefficient (Wildman–Crippen LogP) is 1.09. The van der Waals surface area contributed by atoms with Crippen molar-refractivity contribution in [3.63, 3.8) is 0 Å². The van der Waals surface area contributed by atoms with Crippen molar-refractivity contribution in [3.8, 4) is 0 Å². The minimum atomic E-state index is -3.11. The molecular formula is C14H22N4O2S. The van der Waals surface area contributed by atoms with Crippen LogP contribution in [0.5, 0.6) is 0 Å². The van der Waals surface area contributed by atoms with E-state index in [9.17, 15) is 8.42 Å². The van der Waals surface area contributed by atoms with Crippen molar-refractivity contribution in [2.24, 2.45) is 0 Å². The van der Waals surface area contributed by atoms with Gasteiger partial charge in [0.1, 0.15) is 12.1 Å². The number of hydrogen-bond acceptors (Lipinski definition) is 5. The summed E-state index contributed by atoms with van der Waals surface area (Å²) in [6, 6.07) is 1.99. The summed E-state index contributed by atoms with van der Waals surface area (Å²) in [5.41, 5.74) is 1.01. The standard InChI is InChI=1S/C14H22N4O2S/c1-2-11-8-14(16-10-15-11)18-7-3-4-12(9-18)17-21(19,20)13-5-6-13/h8,10,12-13,17H,2-7,9H2,1H3. The molecular weight excluding hydrogens is 288 g/mol. The third-order valence-electron chi connectivity index (χ3n) is 4.11. The summed E-state index contributed by atoms with van der Waals surface area (Å²) in [5, 5.41) is -0.154. The molecule has 116 valence electrons. The lowest BCUT2D eigenvalue weighted by Gasteiger charge is -2.33. The lowest BCUT2D eigenvalue weighted by molar-refractivity contribution is 0.463. The molecule has 1 atom stereocenters. The lowest BCUT2D eigenvalue weighted by Crippen LogP contribution is -2.48. The molecule has 2 heterocycles. The highest BCUT2D eigenvalue weighted by Crippen LogP contribution is 2.28. The fraction of sp³-hybridized carbons (Fsp3) is 0.714. The molecule has 7 heteroatoms. The molecule has 0 amide bonds. The summed E-state index contributed by atoms with van der Waals surface area (Å²) < 4.78 is 27.0. The first-order chi connectivity index (χ1) is 10.1. The number of hydrogen-bond donors (Lipinski definition) is 1. The molecule has 1 aliphatic carbocycles. The molecule has 2 fully saturated rings. The summed E-state index contributed by atoms with van der Waals surface area (Å²) in [6.07, 6.45) is 5.94. The van der Waals surface area contributed by atoms with Crippen molar-refractivity contribution in [3.05, 3.63) is 18.1 Å². The van der Waals surface area contributed by atoms with E-state index in [2.05, 4.69) is 26.5 Å². The Kier molecular flexibility index (Phi) is 4.12. The van der Waals surface area contributed by atoms with Crippen molar-refractivity contribution in [1.82, 2.24) is 14.7 Å². The molecule has 1 aliphatic heterocycles. The van der Waals surface area contributed by atoms with Gasteiger partial charge in [-0.2, -0.15) is 0 Å². The monoisotopic (exact) mass is 310 g/mol. The van der Waals surface area contributed by atoms with Crippen LogP contribution in [0.2, 0.25) is 0 Å². The third kappa shape index (κ3) is 3.52. The Labute approximate surface area is 126 Å². The van der Waals surface area contributed by atoms with Crippen LogP contribution in [-0.2, 0) is 16.4 Å². The van der Waals surface area contributed by atoms with Crippen LogP contribution in [-0.4, -0.2) is 42.8 Å². The van der Waals surface area contributed by atoms with E-state index in [1.54, 1.807) is 6.33 Å². The second-order valence-electron chi connectivity index (χ2n) is 5.87. The van der Waals surface area contributed by atoms with Gasteiger partial charge in [0.05, 0.1) is 5.25 Å². The van der Waals surface area contributed by atoms with E-state index in [-0.39, 0.29) is 11.3 Å². The summed E-state index contributed by atoms with van der Waals surface area (Å²) in [5.74, 6) is 0.900. The maximum absolute atomic E-state index is 12.0. The second-order valence-corrected chi connectivity index (χ2v) is 7.86. The highest BCUT2D eigenvalue weighted by molar-refractivity contribution is 7.90. The van der Waals surface area contributed by atoms with E-state index >= 15 is 0 Å². The normalized spacial score (nSPS) is 23.3. The molecule has 21 heavy (non-hydrogen) atoms. The average molecular weight is 310 g/mol. The van der Waals surface area contributed by atoms with Crippen molar-refractivity contribution in [2.45, 2.75) is 50.3 Å². The molecule has 1 aromatic rings. The Morgan fingerprint density at radius 1 is 1.33 bits per heavy atom. The summed E-state index contributed by atoms with van der Waals surface area (Å²) in [4.78, 5) is 10.7. The predicted molar refractivity (Wildman–Crippen MR) is 81.7 cm³/mol. The highest BCUT2D eigenvalue weighted by atomic mass is 32.2. The number of piperidine rings is 1. The van der Waals surface area contributed by atoms with Crippen molar-refractivity contribution < 1.29 is 8.42 Å². The summed E-state index contributed by atoms with van der Waals surface area (Å²) >= 11 is 0. The Balaban J connectivity index is 1.67. The molecule has 0 radical (unpaired) electrons. The third-order valence-corrected chi connectivity index (χ3v) is 6.12. The maximum Gasteiger partial charge on any atom is 0.214 e. The molecule has 1 aromatic heterocycles. The first-order valence-electron chi connectivity index (χ1n) is 7.65.